The lowest BCUT2D eigenvalue weighted by Crippen LogP contribution is -2.25. The van der Waals surface area contributed by atoms with Crippen molar-refractivity contribution in [3.63, 3.8) is 0 Å². The van der Waals surface area contributed by atoms with Crippen molar-refractivity contribution in [1.29, 1.82) is 0 Å². The van der Waals surface area contributed by atoms with E-state index in [4.69, 9.17) is 17.3 Å². The fraction of sp³-hybridized carbons (Fsp3) is 0.375. The van der Waals surface area contributed by atoms with E-state index in [-0.39, 0.29) is 11.3 Å². The highest BCUT2D eigenvalue weighted by atomic mass is 35.5. The van der Waals surface area contributed by atoms with Gasteiger partial charge in [-0.25, -0.2) is 0 Å². The third-order valence-electron chi connectivity index (χ3n) is 3.32. The normalized spacial score (nSPS) is 14.2. The van der Waals surface area contributed by atoms with Crippen LogP contribution in [-0.2, 0) is 0 Å². The minimum absolute atomic E-state index is 0.135. The number of nitrogens with two attached hydrogens (primary N) is 1. The molecule has 0 fully saturated rings. The van der Waals surface area contributed by atoms with Crippen molar-refractivity contribution in [1.82, 2.24) is 0 Å². The van der Waals surface area contributed by atoms with Crippen LogP contribution in [0.3, 0.4) is 0 Å². The Morgan fingerprint density at radius 3 is 2.55 bits per heavy atom. The van der Waals surface area contributed by atoms with Crippen molar-refractivity contribution >= 4 is 34.7 Å². The molecule has 2 unspecified atom stereocenters. The van der Waals surface area contributed by atoms with Gasteiger partial charge in [0, 0.05) is 15.8 Å². The highest BCUT2D eigenvalue weighted by molar-refractivity contribution is 7.99. The molecule has 1 heterocycles. The van der Waals surface area contributed by atoms with E-state index in [1.54, 1.807) is 11.3 Å². The SMILES string of the molecule is CCC(N)C(Sc1ccc(C)cc1C)c1ccc(Cl)s1. The molecule has 0 saturated heterocycles. The second-order valence-corrected chi connectivity index (χ2v) is 7.95. The summed E-state index contributed by atoms with van der Waals surface area (Å²) in [6.45, 7) is 6.41. The molecule has 2 rings (SSSR count). The number of rotatable bonds is 5. The summed E-state index contributed by atoms with van der Waals surface area (Å²) in [5.74, 6) is 0. The zero-order valence-electron chi connectivity index (χ0n) is 12.0. The molecule has 2 N–H and O–H groups in total. The maximum absolute atomic E-state index is 6.33. The van der Waals surface area contributed by atoms with Gasteiger partial charge in [0.15, 0.2) is 0 Å². The van der Waals surface area contributed by atoms with Crippen LogP contribution in [0.25, 0.3) is 0 Å². The van der Waals surface area contributed by atoms with Crippen molar-refractivity contribution in [3.05, 3.63) is 50.7 Å². The zero-order chi connectivity index (χ0) is 14.7. The lowest BCUT2D eigenvalue weighted by atomic mass is 10.1. The van der Waals surface area contributed by atoms with Crippen LogP contribution in [0.15, 0.2) is 35.2 Å². The summed E-state index contributed by atoms with van der Waals surface area (Å²) in [5.41, 5.74) is 8.93. The van der Waals surface area contributed by atoms with Gasteiger partial charge in [-0.15, -0.1) is 23.1 Å². The second-order valence-electron chi connectivity index (χ2n) is 5.02. The van der Waals surface area contributed by atoms with Crippen molar-refractivity contribution in [2.45, 2.75) is 43.4 Å². The number of thiophene rings is 1. The van der Waals surface area contributed by atoms with Crippen LogP contribution in [-0.4, -0.2) is 6.04 Å². The van der Waals surface area contributed by atoms with Gasteiger partial charge in [0.05, 0.1) is 9.59 Å². The molecule has 1 nitrogen and oxygen atoms in total. The Bertz CT molecular complexity index is 580. The van der Waals surface area contributed by atoms with E-state index in [1.165, 1.54) is 20.9 Å². The number of benzene rings is 1. The lowest BCUT2D eigenvalue weighted by molar-refractivity contribution is 0.640. The van der Waals surface area contributed by atoms with Gasteiger partial charge < -0.3 is 5.73 Å². The van der Waals surface area contributed by atoms with E-state index >= 15 is 0 Å². The van der Waals surface area contributed by atoms with Crippen LogP contribution < -0.4 is 5.73 Å². The quantitative estimate of drug-likeness (QED) is 0.725. The van der Waals surface area contributed by atoms with Gasteiger partial charge in [-0.05, 0) is 44.0 Å². The molecule has 0 bridgehead atoms. The van der Waals surface area contributed by atoms with Crippen LogP contribution in [0.4, 0.5) is 0 Å². The number of hydrogen-bond donors (Lipinski definition) is 1. The minimum Gasteiger partial charge on any atom is -0.326 e. The first-order valence-electron chi connectivity index (χ1n) is 6.76. The summed E-state index contributed by atoms with van der Waals surface area (Å²) in [4.78, 5) is 2.56. The highest BCUT2D eigenvalue weighted by Gasteiger charge is 2.22. The first-order chi connectivity index (χ1) is 9.51. The molecule has 0 aliphatic heterocycles. The average Bonchev–Trinajstić information content (AvgIpc) is 2.83. The number of thioether (sulfide) groups is 1. The van der Waals surface area contributed by atoms with Crippen LogP contribution in [0.2, 0.25) is 4.34 Å². The Balaban J connectivity index is 2.28. The van der Waals surface area contributed by atoms with Gasteiger partial charge in [-0.1, -0.05) is 36.2 Å². The van der Waals surface area contributed by atoms with Crippen molar-refractivity contribution < 1.29 is 0 Å². The summed E-state index contributed by atoms with van der Waals surface area (Å²) in [6, 6.07) is 10.8. The van der Waals surface area contributed by atoms with Crippen LogP contribution >= 0.6 is 34.7 Å². The largest absolute Gasteiger partial charge is 0.326 e. The van der Waals surface area contributed by atoms with E-state index in [9.17, 15) is 0 Å². The Morgan fingerprint density at radius 2 is 2.00 bits per heavy atom. The molecule has 1 aromatic carbocycles. The molecule has 20 heavy (non-hydrogen) atoms. The first kappa shape index (κ1) is 15.9. The molecule has 0 spiro atoms. The summed E-state index contributed by atoms with van der Waals surface area (Å²) < 4.78 is 0.828. The molecule has 0 amide bonds. The smallest absolute Gasteiger partial charge is 0.0931 e. The van der Waals surface area contributed by atoms with Crippen molar-refractivity contribution in [3.8, 4) is 0 Å². The summed E-state index contributed by atoms with van der Waals surface area (Å²) >= 11 is 9.56. The van der Waals surface area contributed by atoms with Gasteiger partial charge in [-0.3, -0.25) is 0 Å². The molecule has 4 heteroatoms. The lowest BCUT2D eigenvalue weighted by Gasteiger charge is -2.22. The third-order valence-corrected chi connectivity index (χ3v) is 6.35. The first-order valence-corrected chi connectivity index (χ1v) is 8.83. The molecule has 1 aromatic heterocycles. The number of aryl methyl sites for hydroxylation is 2. The van der Waals surface area contributed by atoms with E-state index in [2.05, 4.69) is 45.0 Å². The Labute approximate surface area is 134 Å². The fourth-order valence-electron chi connectivity index (χ4n) is 2.12. The molecule has 0 saturated carbocycles. The molecule has 0 aliphatic carbocycles. The summed E-state index contributed by atoms with van der Waals surface area (Å²) in [6.07, 6.45) is 0.956. The van der Waals surface area contributed by atoms with Crippen molar-refractivity contribution in [2.24, 2.45) is 5.73 Å². The van der Waals surface area contributed by atoms with Crippen molar-refractivity contribution in [2.75, 3.05) is 0 Å². The molecule has 2 aromatic rings. The second kappa shape index (κ2) is 6.99. The zero-order valence-corrected chi connectivity index (χ0v) is 14.4. The molecule has 0 radical (unpaired) electrons. The Morgan fingerprint density at radius 1 is 1.25 bits per heavy atom. The van der Waals surface area contributed by atoms with Gasteiger partial charge in [0.25, 0.3) is 0 Å². The standard InChI is InChI=1S/C16H20ClNS2/c1-4-12(18)16(14-7-8-15(17)19-14)20-13-6-5-10(2)9-11(13)3/h5-9,12,16H,4,18H2,1-3H3. The van der Waals surface area contributed by atoms with E-state index < -0.39 is 0 Å². The van der Waals surface area contributed by atoms with Gasteiger partial charge in [0.1, 0.15) is 0 Å². The molecule has 0 aliphatic rings. The van der Waals surface area contributed by atoms with Crippen LogP contribution in [0.1, 0.15) is 34.6 Å². The van der Waals surface area contributed by atoms with E-state index in [0.717, 1.165) is 10.8 Å². The third kappa shape index (κ3) is 3.79. The topological polar surface area (TPSA) is 26.0 Å². The maximum atomic E-state index is 6.33. The van der Waals surface area contributed by atoms with Gasteiger partial charge in [0.2, 0.25) is 0 Å². The molecular weight excluding hydrogens is 306 g/mol. The van der Waals surface area contributed by atoms with Gasteiger partial charge >= 0.3 is 0 Å². The Kier molecular flexibility index (Phi) is 5.56. The predicted octanol–water partition coefficient (Wildman–Crippen LogP) is 5.59. The summed E-state index contributed by atoms with van der Waals surface area (Å²) in [7, 11) is 0. The molecular formula is C16H20ClNS2. The van der Waals surface area contributed by atoms with Gasteiger partial charge in [-0.2, -0.15) is 0 Å². The Hall–Kier alpha value is -0.480. The monoisotopic (exact) mass is 325 g/mol. The van der Waals surface area contributed by atoms with E-state index in [1.807, 2.05) is 17.8 Å². The minimum atomic E-state index is 0.135. The molecule has 108 valence electrons. The molecule has 2 atom stereocenters. The predicted molar refractivity (Wildman–Crippen MR) is 92.1 cm³/mol. The highest BCUT2D eigenvalue weighted by Crippen LogP contribution is 2.42. The number of halogens is 1. The van der Waals surface area contributed by atoms with E-state index in [0.29, 0.717) is 0 Å². The average molecular weight is 326 g/mol. The number of hydrogen-bond acceptors (Lipinski definition) is 3. The fourth-order valence-corrected chi connectivity index (χ4v) is 4.75. The summed E-state index contributed by atoms with van der Waals surface area (Å²) in [5, 5.41) is 0.263. The van der Waals surface area contributed by atoms with Crippen LogP contribution in [0.5, 0.6) is 0 Å². The van der Waals surface area contributed by atoms with Crippen LogP contribution in [0, 0.1) is 13.8 Å². The maximum Gasteiger partial charge on any atom is 0.0931 e.